The lowest BCUT2D eigenvalue weighted by Crippen LogP contribution is -2.39. The molecule has 2 aliphatic rings. The van der Waals surface area contributed by atoms with Crippen molar-refractivity contribution in [3.05, 3.63) is 28.4 Å². The number of piperidine rings is 1. The van der Waals surface area contributed by atoms with E-state index in [-0.39, 0.29) is 0 Å². The zero-order valence-corrected chi connectivity index (χ0v) is 15.8. The van der Waals surface area contributed by atoms with Crippen molar-refractivity contribution in [2.75, 3.05) is 32.1 Å². The van der Waals surface area contributed by atoms with Crippen molar-refractivity contribution in [3.63, 3.8) is 0 Å². The Morgan fingerprint density at radius 2 is 2.08 bits per heavy atom. The van der Waals surface area contributed by atoms with Gasteiger partial charge in [0.2, 0.25) is 0 Å². The van der Waals surface area contributed by atoms with Crippen molar-refractivity contribution in [2.45, 2.75) is 45.1 Å². The van der Waals surface area contributed by atoms with Crippen molar-refractivity contribution in [3.8, 4) is 5.75 Å². The monoisotopic (exact) mass is 359 g/mol. The molecule has 0 radical (unpaired) electrons. The van der Waals surface area contributed by atoms with Crippen LogP contribution in [-0.2, 0) is 12.8 Å². The Hall–Kier alpha value is -1.52. The Balaban J connectivity index is 1.73. The lowest BCUT2D eigenvalue weighted by molar-refractivity contribution is 0.229. The molecule has 1 aliphatic heterocycles. The fourth-order valence-electron chi connectivity index (χ4n) is 4.18. The van der Waals surface area contributed by atoms with E-state index in [1.807, 2.05) is 12.1 Å². The van der Waals surface area contributed by atoms with E-state index in [2.05, 4.69) is 17.1 Å². The van der Waals surface area contributed by atoms with Gasteiger partial charge in [0.15, 0.2) is 0 Å². The number of methoxy groups -OCH3 is 1. The Kier molecular flexibility index (Phi) is 4.74. The molecule has 4 rings (SSSR count). The topological polar surface area (TPSA) is 37.4 Å². The molecule has 0 atom stereocenters. The summed E-state index contributed by atoms with van der Waals surface area (Å²) in [5.74, 6) is 0.720. The molecule has 1 aliphatic carbocycles. The van der Waals surface area contributed by atoms with Crippen LogP contribution in [0.15, 0.2) is 12.1 Å². The highest BCUT2D eigenvalue weighted by atomic mass is 35.5. The van der Waals surface area contributed by atoms with Crippen LogP contribution >= 0.6 is 11.6 Å². The predicted octanol–water partition coefficient (Wildman–Crippen LogP) is 4.28. The Morgan fingerprint density at radius 3 is 2.80 bits per heavy atom. The highest BCUT2D eigenvalue weighted by molar-refractivity contribution is 6.33. The zero-order chi connectivity index (χ0) is 17.4. The van der Waals surface area contributed by atoms with Crippen LogP contribution in [0, 0.1) is 0 Å². The standard InChI is InChI=1S/C20H26ClN3O/c1-3-24-9-7-13(8-10-24)22-20-14-5-4-6-17(14)23-18-12-16(21)19(25-2)11-15(18)20/h11-13H,3-10H2,1-2H3,(H,22,23). The van der Waals surface area contributed by atoms with E-state index in [1.165, 1.54) is 49.3 Å². The van der Waals surface area contributed by atoms with Crippen LogP contribution in [-0.4, -0.2) is 42.7 Å². The molecule has 2 aromatic rings. The van der Waals surface area contributed by atoms with Gasteiger partial charge in [-0.1, -0.05) is 18.5 Å². The number of hydrogen-bond donors (Lipinski definition) is 1. The summed E-state index contributed by atoms with van der Waals surface area (Å²) in [6.45, 7) is 5.74. The number of benzene rings is 1. The number of ether oxygens (including phenoxy) is 1. The number of halogens is 1. The fourth-order valence-corrected chi connectivity index (χ4v) is 4.42. The second-order valence-corrected chi connectivity index (χ2v) is 7.53. The van der Waals surface area contributed by atoms with Gasteiger partial charge in [-0.05, 0) is 56.3 Å². The van der Waals surface area contributed by atoms with Crippen molar-refractivity contribution >= 4 is 28.2 Å². The van der Waals surface area contributed by atoms with Gasteiger partial charge in [0.1, 0.15) is 5.75 Å². The van der Waals surface area contributed by atoms with Crippen LogP contribution in [0.1, 0.15) is 37.4 Å². The fraction of sp³-hybridized carbons (Fsp3) is 0.550. The maximum absolute atomic E-state index is 6.34. The second kappa shape index (κ2) is 7.00. The third kappa shape index (κ3) is 3.18. The first-order valence-corrected chi connectivity index (χ1v) is 9.75. The van der Waals surface area contributed by atoms with Gasteiger partial charge in [0, 0.05) is 35.9 Å². The molecule has 0 amide bonds. The molecule has 1 aromatic carbocycles. The molecule has 25 heavy (non-hydrogen) atoms. The quantitative estimate of drug-likeness (QED) is 0.884. The lowest BCUT2D eigenvalue weighted by Gasteiger charge is -2.32. The van der Waals surface area contributed by atoms with E-state index in [9.17, 15) is 0 Å². The van der Waals surface area contributed by atoms with Gasteiger partial charge < -0.3 is 15.0 Å². The molecular formula is C20H26ClN3O. The van der Waals surface area contributed by atoms with Gasteiger partial charge in [0.25, 0.3) is 0 Å². The molecule has 0 saturated carbocycles. The van der Waals surface area contributed by atoms with Crippen LogP contribution in [0.4, 0.5) is 5.69 Å². The van der Waals surface area contributed by atoms with Gasteiger partial charge in [0.05, 0.1) is 17.6 Å². The number of nitrogens with one attached hydrogen (secondary N) is 1. The number of anilines is 1. The molecule has 4 nitrogen and oxygen atoms in total. The third-order valence-corrected chi connectivity index (χ3v) is 5.96. The summed E-state index contributed by atoms with van der Waals surface area (Å²) in [6.07, 6.45) is 5.75. The van der Waals surface area contributed by atoms with Crippen molar-refractivity contribution in [1.29, 1.82) is 0 Å². The number of aromatic nitrogens is 1. The number of aryl methyl sites for hydroxylation is 1. The summed E-state index contributed by atoms with van der Waals surface area (Å²) in [6, 6.07) is 4.52. The Labute approximate surface area is 154 Å². The summed E-state index contributed by atoms with van der Waals surface area (Å²) in [4.78, 5) is 7.41. The molecule has 1 fully saturated rings. The smallest absolute Gasteiger partial charge is 0.138 e. The summed E-state index contributed by atoms with van der Waals surface area (Å²) >= 11 is 6.34. The average Bonchev–Trinajstić information content (AvgIpc) is 3.10. The van der Waals surface area contributed by atoms with Crippen LogP contribution in [0.3, 0.4) is 0 Å². The molecule has 0 unspecified atom stereocenters. The molecule has 0 bridgehead atoms. The Morgan fingerprint density at radius 1 is 1.28 bits per heavy atom. The molecule has 1 N–H and O–H groups in total. The van der Waals surface area contributed by atoms with Crippen molar-refractivity contribution in [1.82, 2.24) is 9.88 Å². The van der Waals surface area contributed by atoms with Gasteiger partial charge >= 0.3 is 0 Å². The third-order valence-electron chi connectivity index (χ3n) is 5.67. The number of hydrogen-bond acceptors (Lipinski definition) is 4. The van der Waals surface area contributed by atoms with E-state index >= 15 is 0 Å². The predicted molar refractivity (Wildman–Crippen MR) is 104 cm³/mol. The number of rotatable bonds is 4. The minimum Gasteiger partial charge on any atom is -0.495 e. The number of nitrogens with zero attached hydrogens (tertiary/aromatic N) is 2. The minimum atomic E-state index is 0.528. The zero-order valence-electron chi connectivity index (χ0n) is 15.1. The molecule has 1 aromatic heterocycles. The van der Waals surface area contributed by atoms with Crippen LogP contribution in [0.5, 0.6) is 5.75 Å². The first-order valence-electron chi connectivity index (χ1n) is 9.37. The number of likely N-dealkylation sites (tertiary alicyclic amines) is 1. The maximum atomic E-state index is 6.34. The lowest BCUT2D eigenvalue weighted by atomic mass is 10.0. The SMILES string of the molecule is CCN1CCC(Nc2c3c(nc4cc(Cl)c(OC)cc24)CCC3)CC1. The Bertz CT molecular complexity index is 784. The first kappa shape index (κ1) is 16.9. The normalized spacial score (nSPS) is 18.5. The van der Waals surface area contributed by atoms with Gasteiger partial charge in [-0.3, -0.25) is 4.98 Å². The maximum Gasteiger partial charge on any atom is 0.138 e. The highest BCUT2D eigenvalue weighted by Crippen LogP contribution is 2.39. The second-order valence-electron chi connectivity index (χ2n) is 7.12. The number of fused-ring (bicyclic) bond motifs is 2. The summed E-state index contributed by atoms with van der Waals surface area (Å²) in [5.41, 5.74) is 4.87. The summed E-state index contributed by atoms with van der Waals surface area (Å²) in [7, 11) is 1.67. The van der Waals surface area contributed by atoms with Gasteiger partial charge in [-0.2, -0.15) is 0 Å². The van der Waals surface area contributed by atoms with Crippen molar-refractivity contribution < 1.29 is 4.74 Å². The van der Waals surface area contributed by atoms with E-state index < -0.39 is 0 Å². The summed E-state index contributed by atoms with van der Waals surface area (Å²) in [5, 5.41) is 5.64. The highest BCUT2D eigenvalue weighted by Gasteiger charge is 2.24. The molecule has 2 heterocycles. The van der Waals surface area contributed by atoms with Gasteiger partial charge in [-0.25, -0.2) is 0 Å². The number of pyridine rings is 1. The molecule has 1 saturated heterocycles. The van der Waals surface area contributed by atoms with E-state index in [0.29, 0.717) is 11.1 Å². The summed E-state index contributed by atoms with van der Waals surface area (Å²) < 4.78 is 5.45. The molecular weight excluding hydrogens is 334 g/mol. The van der Waals surface area contributed by atoms with E-state index in [1.54, 1.807) is 7.11 Å². The molecule has 134 valence electrons. The minimum absolute atomic E-state index is 0.528. The van der Waals surface area contributed by atoms with E-state index in [0.717, 1.165) is 36.0 Å². The van der Waals surface area contributed by atoms with E-state index in [4.69, 9.17) is 21.3 Å². The van der Waals surface area contributed by atoms with Crippen LogP contribution < -0.4 is 10.1 Å². The molecule has 5 heteroatoms. The van der Waals surface area contributed by atoms with Crippen molar-refractivity contribution in [2.24, 2.45) is 0 Å². The molecule has 0 spiro atoms. The first-order chi connectivity index (χ1) is 12.2. The largest absolute Gasteiger partial charge is 0.495 e. The van der Waals surface area contributed by atoms with Crippen LogP contribution in [0.25, 0.3) is 10.9 Å². The average molecular weight is 360 g/mol. The van der Waals surface area contributed by atoms with Crippen LogP contribution in [0.2, 0.25) is 5.02 Å². The van der Waals surface area contributed by atoms with Gasteiger partial charge in [-0.15, -0.1) is 0 Å².